The molecule has 0 saturated carbocycles. The maximum absolute atomic E-state index is 13.8. The molecule has 9 heteroatoms. The summed E-state index contributed by atoms with van der Waals surface area (Å²) < 4.78 is 29.7. The second-order valence-electron chi connectivity index (χ2n) is 6.36. The molecule has 0 bridgehead atoms. The van der Waals surface area contributed by atoms with E-state index in [1.165, 1.54) is 19.3 Å². The smallest absolute Gasteiger partial charge is 0.325 e. The Balaban J connectivity index is 1.79. The van der Waals surface area contributed by atoms with Crippen molar-refractivity contribution >= 4 is 35.0 Å². The van der Waals surface area contributed by atoms with E-state index in [0.717, 1.165) is 16.7 Å². The van der Waals surface area contributed by atoms with E-state index >= 15 is 0 Å². The lowest BCUT2D eigenvalue weighted by atomic mass is 10.1. The first-order valence-electron chi connectivity index (χ1n) is 9.38. The van der Waals surface area contributed by atoms with Crippen LogP contribution in [0.5, 0.6) is 11.5 Å². The number of methoxy groups -OCH3 is 1. The number of benzene rings is 2. The largest absolute Gasteiger partial charge is 0.490 e. The lowest BCUT2D eigenvalue weighted by molar-refractivity contribution is -0.143. The number of hydrogen-bond donors (Lipinski definition) is 0. The molecule has 31 heavy (non-hydrogen) atoms. The van der Waals surface area contributed by atoms with Crippen molar-refractivity contribution in [1.82, 2.24) is 4.90 Å². The number of carbonyl (C=O) groups is 3. The van der Waals surface area contributed by atoms with Crippen LogP contribution in [0.4, 0.5) is 9.18 Å². The van der Waals surface area contributed by atoms with Crippen molar-refractivity contribution in [2.45, 2.75) is 13.5 Å². The van der Waals surface area contributed by atoms with Crippen LogP contribution in [-0.2, 0) is 20.9 Å². The number of hydrogen-bond acceptors (Lipinski definition) is 7. The molecule has 0 atom stereocenters. The summed E-state index contributed by atoms with van der Waals surface area (Å²) in [5, 5.41) is -0.545. The van der Waals surface area contributed by atoms with Crippen LogP contribution >= 0.6 is 11.8 Å². The lowest BCUT2D eigenvalue weighted by Gasteiger charge is -2.13. The number of rotatable bonds is 8. The molecule has 1 aliphatic heterocycles. The van der Waals surface area contributed by atoms with Crippen molar-refractivity contribution < 1.29 is 33.0 Å². The Morgan fingerprint density at radius 1 is 1.13 bits per heavy atom. The highest BCUT2D eigenvalue weighted by Gasteiger charge is 2.36. The Bertz CT molecular complexity index is 1040. The summed E-state index contributed by atoms with van der Waals surface area (Å²) in [6, 6.07) is 11.3. The van der Waals surface area contributed by atoms with Gasteiger partial charge in [-0.2, -0.15) is 0 Å². The van der Waals surface area contributed by atoms with E-state index in [0.29, 0.717) is 29.2 Å². The molecule has 0 aliphatic carbocycles. The van der Waals surface area contributed by atoms with E-state index in [2.05, 4.69) is 4.74 Å². The summed E-state index contributed by atoms with van der Waals surface area (Å²) in [7, 11) is 1.18. The third-order valence-electron chi connectivity index (χ3n) is 4.29. The standard InChI is InChI=1S/C22H20FNO6S/c1-3-29-18-10-14(8-9-17(18)30-13-15-6-4-5-7-16(15)23)11-19-21(26)24(22(27)31-19)12-20(25)28-2/h4-11H,3,12-13H2,1-2H3/b19-11+. The molecule has 2 aromatic carbocycles. The highest BCUT2D eigenvalue weighted by atomic mass is 32.2. The molecule has 0 spiro atoms. The van der Waals surface area contributed by atoms with Crippen molar-refractivity contribution in [3.05, 3.63) is 64.3 Å². The average molecular weight is 445 g/mol. The summed E-state index contributed by atoms with van der Waals surface area (Å²) in [4.78, 5) is 36.9. The summed E-state index contributed by atoms with van der Waals surface area (Å²) in [5.41, 5.74) is 1.01. The number of halogens is 1. The van der Waals surface area contributed by atoms with Gasteiger partial charge in [-0.05, 0) is 48.5 Å². The predicted octanol–water partition coefficient (Wildman–Crippen LogP) is 4.01. The maximum Gasteiger partial charge on any atom is 0.325 e. The van der Waals surface area contributed by atoms with Gasteiger partial charge in [0.2, 0.25) is 0 Å². The van der Waals surface area contributed by atoms with E-state index in [9.17, 15) is 18.8 Å². The maximum atomic E-state index is 13.8. The monoisotopic (exact) mass is 445 g/mol. The van der Waals surface area contributed by atoms with Crippen molar-refractivity contribution in [3.63, 3.8) is 0 Å². The molecule has 2 aromatic rings. The third kappa shape index (κ3) is 5.43. The number of imide groups is 1. The number of ether oxygens (including phenoxy) is 3. The number of carbonyl (C=O) groups excluding carboxylic acids is 3. The van der Waals surface area contributed by atoms with Crippen LogP contribution in [0.1, 0.15) is 18.1 Å². The summed E-state index contributed by atoms with van der Waals surface area (Å²) in [6.07, 6.45) is 1.53. The van der Waals surface area contributed by atoms with Crippen LogP contribution in [0.25, 0.3) is 6.08 Å². The highest BCUT2D eigenvalue weighted by molar-refractivity contribution is 8.18. The van der Waals surface area contributed by atoms with Gasteiger partial charge in [0.15, 0.2) is 11.5 Å². The Labute approximate surface area is 182 Å². The Hall–Kier alpha value is -3.33. The topological polar surface area (TPSA) is 82.1 Å². The molecule has 162 valence electrons. The molecule has 7 nitrogen and oxygen atoms in total. The number of esters is 1. The van der Waals surface area contributed by atoms with E-state index < -0.39 is 23.7 Å². The van der Waals surface area contributed by atoms with Gasteiger partial charge in [-0.25, -0.2) is 4.39 Å². The SMILES string of the molecule is CCOc1cc(/C=C2/SC(=O)N(CC(=O)OC)C2=O)ccc1OCc1ccccc1F. The van der Waals surface area contributed by atoms with E-state index in [1.54, 1.807) is 36.4 Å². The molecule has 1 heterocycles. The predicted molar refractivity (Wildman–Crippen MR) is 113 cm³/mol. The minimum absolute atomic E-state index is 0.0263. The lowest BCUT2D eigenvalue weighted by Crippen LogP contribution is -2.34. The van der Waals surface area contributed by atoms with Crippen LogP contribution in [0, 0.1) is 5.82 Å². The zero-order valence-electron chi connectivity index (χ0n) is 16.9. The molecular weight excluding hydrogens is 425 g/mol. The summed E-state index contributed by atoms with van der Waals surface area (Å²) in [5.74, 6) is -0.779. The van der Waals surface area contributed by atoms with Gasteiger partial charge in [0.1, 0.15) is 19.0 Å². The highest BCUT2D eigenvalue weighted by Crippen LogP contribution is 2.35. The van der Waals surface area contributed by atoms with Crippen LogP contribution in [-0.4, -0.2) is 42.3 Å². The normalized spacial score (nSPS) is 14.8. The quantitative estimate of drug-likeness (QED) is 0.448. The first-order chi connectivity index (χ1) is 14.9. The zero-order chi connectivity index (χ0) is 22.4. The van der Waals surface area contributed by atoms with Crippen LogP contribution < -0.4 is 9.47 Å². The van der Waals surface area contributed by atoms with Gasteiger partial charge < -0.3 is 14.2 Å². The second kappa shape index (κ2) is 10.1. The first kappa shape index (κ1) is 22.4. The van der Waals surface area contributed by atoms with Gasteiger partial charge in [-0.15, -0.1) is 0 Å². The van der Waals surface area contributed by atoms with Crippen molar-refractivity contribution in [2.24, 2.45) is 0 Å². The van der Waals surface area contributed by atoms with Gasteiger partial charge in [0, 0.05) is 5.56 Å². The molecule has 3 rings (SSSR count). The molecule has 2 amide bonds. The Morgan fingerprint density at radius 3 is 2.61 bits per heavy atom. The third-order valence-corrected chi connectivity index (χ3v) is 5.20. The van der Waals surface area contributed by atoms with E-state index in [-0.39, 0.29) is 17.3 Å². The molecule has 0 aromatic heterocycles. The van der Waals surface area contributed by atoms with E-state index in [1.807, 2.05) is 6.92 Å². The van der Waals surface area contributed by atoms with Crippen molar-refractivity contribution in [1.29, 1.82) is 0 Å². The first-order valence-corrected chi connectivity index (χ1v) is 10.2. The fourth-order valence-corrected chi connectivity index (χ4v) is 3.59. The fourth-order valence-electron chi connectivity index (χ4n) is 2.75. The number of thioether (sulfide) groups is 1. The van der Waals surface area contributed by atoms with Gasteiger partial charge in [-0.3, -0.25) is 19.3 Å². The zero-order valence-corrected chi connectivity index (χ0v) is 17.7. The molecule has 1 fully saturated rings. The molecule has 0 unspecified atom stereocenters. The number of amides is 2. The summed E-state index contributed by atoms with van der Waals surface area (Å²) >= 11 is 0.739. The molecule has 1 saturated heterocycles. The minimum Gasteiger partial charge on any atom is -0.490 e. The molecule has 0 N–H and O–H groups in total. The van der Waals surface area contributed by atoms with Gasteiger partial charge >= 0.3 is 5.97 Å². The fraction of sp³-hybridized carbons (Fsp3) is 0.227. The molecule has 1 aliphatic rings. The van der Waals surface area contributed by atoms with Crippen molar-refractivity contribution in [2.75, 3.05) is 20.3 Å². The molecule has 0 radical (unpaired) electrons. The van der Waals surface area contributed by atoms with Crippen LogP contribution in [0.2, 0.25) is 0 Å². The Kier molecular flexibility index (Phi) is 7.30. The van der Waals surface area contributed by atoms with Crippen LogP contribution in [0.3, 0.4) is 0 Å². The van der Waals surface area contributed by atoms with Gasteiger partial charge in [0.05, 0.1) is 18.6 Å². The Morgan fingerprint density at radius 2 is 1.90 bits per heavy atom. The van der Waals surface area contributed by atoms with Crippen LogP contribution in [0.15, 0.2) is 47.4 Å². The average Bonchev–Trinajstić information content (AvgIpc) is 3.01. The van der Waals surface area contributed by atoms with Gasteiger partial charge in [-0.1, -0.05) is 24.3 Å². The van der Waals surface area contributed by atoms with Crippen molar-refractivity contribution in [3.8, 4) is 11.5 Å². The molecular formula is C22H20FNO6S. The minimum atomic E-state index is -0.682. The second-order valence-corrected chi connectivity index (χ2v) is 7.36. The summed E-state index contributed by atoms with van der Waals surface area (Å²) in [6.45, 7) is 1.77. The van der Waals surface area contributed by atoms with Gasteiger partial charge in [0.25, 0.3) is 11.1 Å². The number of nitrogens with zero attached hydrogens (tertiary/aromatic N) is 1. The van der Waals surface area contributed by atoms with E-state index in [4.69, 9.17) is 9.47 Å².